The molecule has 16 heavy (non-hydrogen) atoms. The van der Waals surface area contributed by atoms with Crippen molar-refractivity contribution in [2.45, 2.75) is 20.3 Å². The van der Waals surface area contributed by atoms with Crippen LogP contribution in [-0.4, -0.2) is 16.7 Å². The summed E-state index contributed by atoms with van der Waals surface area (Å²) in [4.78, 5) is 22.9. The van der Waals surface area contributed by atoms with Gasteiger partial charge in [-0.25, -0.2) is 0 Å². The number of thioether (sulfide) groups is 1. The van der Waals surface area contributed by atoms with Crippen LogP contribution in [-0.2, 0) is 4.79 Å². The van der Waals surface area contributed by atoms with E-state index in [0.29, 0.717) is 5.75 Å². The van der Waals surface area contributed by atoms with Crippen LogP contribution in [0.3, 0.4) is 0 Å². The number of ketones is 1. The van der Waals surface area contributed by atoms with E-state index in [1.807, 2.05) is 37.3 Å². The summed E-state index contributed by atoms with van der Waals surface area (Å²) >= 11 is 1.23. The molecular formula is C13H16O2S. The molecule has 86 valence electrons. The molecular weight excluding hydrogens is 220 g/mol. The van der Waals surface area contributed by atoms with Crippen molar-refractivity contribution in [2.75, 3.05) is 5.75 Å². The van der Waals surface area contributed by atoms with E-state index in [1.165, 1.54) is 18.7 Å². The lowest BCUT2D eigenvalue weighted by Gasteiger charge is -2.12. The van der Waals surface area contributed by atoms with E-state index in [1.54, 1.807) is 0 Å². The molecule has 0 fully saturated rings. The molecule has 0 aromatic heterocycles. The minimum absolute atomic E-state index is 0.0590. The molecule has 1 aromatic carbocycles. The Labute approximate surface area is 100 Å². The lowest BCUT2D eigenvalue weighted by atomic mass is 9.97. The van der Waals surface area contributed by atoms with Crippen LogP contribution in [0, 0.1) is 5.92 Å². The number of Topliss-reactive ketones (excluding diaryl/α,β-unsaturated/α-hetero) is 1. The number of carbonyl (C=O) groups excluding carboxylic acids is 2. The molecule has 1 aromatic rings. The van der Waals surface area contributed by atoms with Crippen molar-refractivity contribution < 1.29 is 9.59 Å². The minimum atomic E-state index is -0.0590. The molecule has 2 nitrogen and oxygen atoms in total. The normalized spacial score (nSPS) is 12.1. The maximum Gasteiger partial charge on any atom is 0.185 e. The summed E-state index contributed by atoms with van der Waals surface area (Å²) in [5.74, 6) is 0.660. The third-order valence-corrected chi connectivity index (χ3v) is 3.39. The Morgan fingerprint density at radius 1 is 1.25 bits per heavy atom. The van der Waals surface area contributed by atoms with Gasteiger partial charge in [0.05, 0.1) is 0 Å². The molecule has 3 heteroatoms. The smallest absolute Gasteiger partial charge is 0.185 e. The highest BCUT2D eigenvalue weighted by atomic mass is 32.2. The second-order valence-electron chi connectivity index (χ2n) is 3.64. The van der Waals surface area contributed by atoms with Gasteiger partial charge in [-0.3, -0.25) is 9.59 Å². The second-order valence-corrected chi connectivity index (χ2v) is 4.83. The lowest BCUT2D eigenvalue weighted by molar-refractivity contribution is -0.109. The summed E-state index contributed by atoms with van der Waals surface area (Å²) in [5.41, 5.74) is 0.735. The van der Waals surface area contributed by atoms with Gasteiger partial charge in [0.25, 0.3) is 0 Å². The number of hydrogen-bond donors (Lipinski definition) is 0. The van der Waals surface area contributed by atoms with Gasteiger partial charge >= 0.3 is 0 Å². The molecule has 0 radical (unpaired) electrons. The lowest BCUT2D eigenvalue weighted by Crippen LogP contribution is -2.17. The Balaban J connectivity index is 2.66. The van der Waals surface area contributed by atoms with Gasteiger partial charge in [0.1, 0.15) is 0 Å². The Morgan fingerprint density at radius 2 is 1.88 bits per heavy atom. The predicted octanol–water partition coefficient (Wildman–Crippen LogP) is 3.18. The van der Waals surface area contributed by atoms with Crippen molar-refractivity contribution in [3.8, 4) is 0 Å². The van der Waals surface area contributed by atoms with Crippen molar-refractivity contribution >= 4 is 22.7 Å². The third kappa shape index (κ3) is 3.81. The zero-order chi connectivity index (χ0) is 12.0. The van der Waals surface area contributed by atoms with Gasteiger partial charge in [-0.1, -0.05) is 49.0 Å². The molecule has 1 atom stereocenters. The average molecular weight is 236 g/mol. The fraction of sp³-hybridized carbons (Fsp3) is 0.385. The fourth-order valence-electron chi connectivity index (χ4n) is 1.44. The number of benzene rings is 1. The maximum atomic E-state index is 12.1. The van der Waals surface area contributed by atoms with E-state index < -0.39 is 0 Å². The molecule has 0 aliphatic carbocycles. The van der Waals surface area contributed by atoms with Crippen LogP contribution in [0.4, 0.5) is 0 Å². The summed E-state index contributed by atoms with van der Waals surface area (Å²) in [5, 5.41) is 0.0688. The van der Waals surface area contributed by atoms with Crippen LogP contribution in [0.1, 0.15) is 30.6 Å². The topological polar surface area (TPSA) is 34.1 Å². The molecule has 0 heterocycles. The Hall–Kier alpha value is -1.09. The molecule has 0 saturated heterocycles. The van der Waals surface area contributed by atoms with E-state index in [4.69, 9.17) is 0 Å². The van der Waals surface area contributed by atoms with E-state index in [9.17, 15) is 9.59 Å². The summed E-state index contributed by atoms with van der Waals surface area (Å²) in [6, 6.07) is 9.26. The first kappa shape index (κ1) is 13.0. The van der Waals surface area contributed by atoms with Gasteiger partial charge in [-0.15, -0.1) is 0 Å². The van der Waals surface area contributed by atoms with E-state index in [-0.39, 0.29) is 16.8 Å². The van der Waals surface area contributed by atoms with Crippen molar-refractivity contribution in [2.24, 2.45) is 5.92 Å². The zero-order valence-corrected chi connectivity index (χ0v) is 10.4. The second kappa shape index (κ2) is 6.48. The molecule has 1 unspecified atom stereocenters. The summed E-state index contributed by atoms with van der Waals surface area (Å²) in [6.07, 6.45) is 0.772. The van der Waals surface area contributed by atoms with Crippen LogP contribution >= 0.6 is 11.8 Å². The van der Waals surface area contributed by atoms with Gasteiger partial charge in [0, 0.05) is 24.2 Å². The van der Waals surface area contributed by atoms with E-state index in [0.717, 1.165) is 12.0 Å². The quantitative estimate of drug-likeness (QED) is 0.736. The first-order chi connectivity index (χ1) is 7.65. The average Bonchev–Trinajstić information content (AvgIpc) is 2.30. The zero-order valence-electron chi connectivity index (χ0n) is 9.60. The monoisotopic (exact) mass is 236 g/mol. The first-order valence-electron chi connectivity index (χ1n) is 5.37. The minimum Gasteiger partial charge on any atom is -0.294 e. The van der Waals surface area contributed by atoms with Crippen LogP contribution in [0.5, 0.6) is 0 Å². The van der Waals surface area contributed by atoms with Crippen molar-refractivity contribution in [1.29, 1.82) is 0 Å². The molecule has 0 N–H and O–H groups in total. The van der Waals surface area contributed by atoms with E-state index >= 15 is 0 Å². The number of hydrogen-bond acceptors (Lipinski definition) is 3. The molecule has 0 saturated carbocycles. The summed E-state index contributed by atoms with van der Waals surface area (Å²) in [6.45, 7) is 3.51. The van der Waals surface area contributed by atoms with Crippen LogP contribution in [0.25, 0.3) is 0 Å². The molecule has 1 rings (SSSR count). The predicted molar refractivity (Wildman–Crippen MR) is 67.7 cm³/mol. The summed E-state index contributed by atoms with van der Waals surface area (Å²) < 4.78 is 0. The molecule has 0 amide bonds. The van der Waals surface area contributed by atoms with Crippen molar-refractivity contribution in [3.05, 3.63) is 35.9 Å². The molecule has 0 spiro atoms. The first-order valence-corrected chi connectivity index (χ1v) is 6.36. The van der Waals surface area contributed by atoms with Crippen molar-refractivity contribution in [3.63, 3.8) is 0 Å². The fourth-order valence-corrected chi connectivity index (χ4v) is 2.26. The molecule has 0 aliphatic rings. The summed E-state index contributed by atoms with van der Waals surface area (Å²) in [7, 11) is 0. The Morgan fingerprint density at radius 3 is 2.38 bits per heavy atom. The van der Waals surface area contributed by atoms with Crippen molar-refractivity contribution in [1.82, 2.24) is 0 Å². The largest absolute Gasteiger partial charge is 0.294 e. The molecule has 0 bridgehead atoms. The van der Waals surface area contributed by atoms with Crippen LogP contribution in [0.15, 0.2) is 30.3 Å². The molecule has 0 aliphatic heterocycles. The van der Waals surface area contributed by atoms with Crippen LogP contribution < -0.4 is 0 Å². The third-order valence-electron chi connectivity index (χ3n) is 2.41. The Bertz CT molecular complexity index is 359. The van der Waals surface area contributed by atoms with Gasteiger partial charge in [-0.05, 0) is 6.42 Å². The van der Waals surface area contributed by atoms with Gasteiger partial charge < -0.3 is 0 Å². The van der Waals surface area contributed by atoms with Gasteiger partial charge in [0.2, 0.25) is 0 Å². The maximum absolute atomic E-state index is 12.1. The highest BCUT2D eigenvalue weighted by Crippen LogP contribution is 2.18. The number of carbonyl (C=O) groups is 2. The SMILES string of the molecule is CCC(CSC(C)=O)C(=O)c1ccccc1. The number of rotatable bonds is 5. The van der Waals surface area contributed by atoms with Gasteiger partial charge in [0.15, 0.2) is 10.9 Å². The highest BCUT2D eigenvalue weighted by molar-refractivity contribution is 8.13. The van der Waals surface area contributed by atoms with E-state index in [2.05, 4.69) is 0 Å². The highest BCUT2D eigenvalue weighted by Gasteiger charge is 2.18. The van der Waals surface area contributed by atoms with Gasteiger partial charge in [-0.2, -0.15) is 0 Å². The Kier molecular flexibility index (Phi) is 5.26. The van der Waals surface area contributed by atoms with Crippen LogP contribution in [0.2, 0.25) is 0 Å². The standard InChI is InChI=1S/C13H16O2S/c1-3-11(9-16-10(2)14)13(15)12-7-5-4-6-8-12/h4-8,11H,3,9H2,1-2H3.